The van der Waals surface area contributed by atoms with Crippen molar-refractivity contribution in [2.75, 3.05) is 6.61 Å². The fourth-order valence-corrected chi connectivity index (χ4v) is 4.97. The summed E-state index contributed by atoms with van der Waals surface area (Å²) < 4.78 is 9.40. The van der Waals surface area contributed by atoms with Crippen LogP contribution in [0.2, 0.25) is 0 Å². The van der Waals surface area contributed by atoms with Gasteiger partial charge in [0.25, 0.3) is 0 Å². The molecular weight excluding hydrogens is 468 g/mol. The van der Waals surface area contributed by atoms with E-state index in [0.717, 1.165) is 27.1 Å². The van der Waals surface area contributed by atoms with Gasteiger partial charge in [-0.25, -0.2) is 4.79 Å². The van der Waals surface area contributed by atoms with Crippen LogP contribution >= 0.6 is 11.5 Å². The molecule has 0 saturated carbocycles. The molecular formula is C25H26N4O5S. The van der Waals surface area contributed by atoms with Crippen LogP contribution in [0.3, 0.4) is 0 Å². The maximum Gasteiger partial charge on any atom is 0.407 e. The Labute approximate surface area is 206 Å². The number of alkyl carbamates (subject to hydrolysis) is 1. The molecule has 0 aliphatic heterocycles. The molecule has 3 N–H and O–H groups in total. The van der Waals surface area contributed by atoms with Gasteiger partial charge in [-0.2, -0.15) is 0 Å². The third kappa shape index (κ3) is 5.48. The van der Waals surface area contributed by atoms with Crippen molar-refractivity contribution in [1.82, 2.24) is 20.2 Å². The number of nitrogens with zero attached hydrogens (tertiary/aromatic N) is 2. The highest BCUT2D eigenvalue weighted by Gasteiger charge is 2.30. The third-order valence-electron chi connectivity index (χ3n) is 6.04. The lowest BCUT2D eigenvalue weighted by Crippen LogP contribution is -2.47. The normalized spacial score (nSPS) is 13.9. The van der Waals surface area contributed by atoms with E-state index in [2.05, 4.69) is 20.2 Å². The van der Waals surface area contributed by atoms with E-state index in [-0.39, 0.29) is 31.4 Å². The second-order valence-corrected chi connectivity index (χ2v) is 9.19. The minimum Gasteiger partial charge on any atom is -0.481 e. The van der Waals surface area contributed by atoms with E-state index in [0.29, 0.717) is 5.69 Å². The SMILES string of the molecule is Cc1nnsc1C(C)NC(=O)C(CCC(=O)O)NC(=O)OCC1c2ccccc2-c2ccccc21. The molecule has 10 heteroatoms. The Hall–Kier alpha value is -3.79. The Kier molecular flexibility index (Phi) is 7.40. The number of carboxylic acids is 1. The monoisotopic (exact) mass is 494 g/mol. The minimum atomic E-state index is -1.06. The molecule has 4 rings (SSSR count). The summed E-state index contributed by atoms with van der Waals surface area (Å²) in [7, 11) is 0. The molecule has 1 aliphatic carbocycles. The van der Waals surface area contributed by atoms with Crippen molar-refractivity contribution in [1.29, 1.82) is 0 Å². The number of aromatic nitrogens is 2. The first-order chi connectivity index (χ1) is 16.8. The second-order valence-electron chi connectivity index (χ2n) is 8.41. The van der Waals surface area contributed by atoms with Crippen LogP contribution in [0.15, 0.2) is 48.5 Å². The molecule has 2 amide bonds. The molecule has 3 aromatic rings. The predicted molar refractivity (Wildman–Crippen MR) is 130 cm³/mol. The Morgan fingerprint density at radius 1 is 1.06 bits per heavy atom. The zero-order valence-corrected chi connectivity index (χ0v) is 20.2. The number of carbonyl (C=O) groups excluding carboxylic acids is 2. The summed E-state index contributed by atoms with van der Waals surface area (Å²) in [5, 5.41) is 18.4. The van der Waals surface area contributed by atoms with Crippen LogP contribution in [0.1, 0.15) is 53.4 Å². The van der Waals surface area contributed by atoms with Crippen molar-refractivity contribution in [3.05, 3.63) is 70.2 Å². The highest BCUT2D eigenvalue weighted by molar-refractivity contribution is 7.05. The van der Waals surface area contributed by atoms with Gasteiger partial charge in [-0.3, -0.25) is 9.59 Å². The zero-order valence-electron chi connectivity index (χ0n) is 19.4. The van der Waals surface area contributed by atoms with Gasteiger partial charge < -0.3 is 20.5 Å². The van der Waals surface area contributed by atoms with Crippen molar-refractivity contribution in [2.45, 2.75) is 44.7 Å². The lowest BCUT2D eigenvalue weighted by Gasteiger charge is -2.21. The second kappa shape index (κ2) is 10.6. The zero-order chi connectivity index (χ0) is 24.9. The van der Waals surface area contributed by atoms with E-state index in [4.69, 9.17) is 9.84 Å². The lowest BCUT2D eigenvalue weighted by atomic mass is 9.98. The van der Waals surface area contributed by atoms with Crippen LogP contribution in [0.5, 0.6) is 0 Å². The summed E-state index contributed by atoms with van der Waals surface area (Å²) in [5.74, 6) is -1.69. The average molecular weight is 495 g/mol. The lowest BCUT2D eigenvalue weighted by molar-refractivity contribution is -0.137. The molecule has 2 aromatic carbocycles. The van der Waals surface area contributed by atoms with Crippen molar-refractivity contribution in [3.63, 3.8) is 0 Å². The number of benzene rings is 2. The van der Waals surface area contributed by atoms with Gasteiger partial charge in [0.2, 0.25) is 5.91 Å². The summed E-state index contributed by atoms with van der Waals surface area (Å²) in [6.07, 6.45) is -1.13. The maximum atomic E-state index is 12.9. The van der Waals surface area contributed by atoms with E-state index in [9.17, 15) is 14.4 Å². The summed E-state index contributed by atoms with van der Waals surface area (Å²) in [6.45, 7) is 3.66. The molecule has 9 nitrogen and oxygen atoms in total. The number of aryl methyl sites for hydroxylation is 1. The molecule has 1 aromatic heterocycles. The predicted octanol–water partition coefficient (Wildman–Crippen LogP) is 3.80. The van der Waals surface area contributed by atoms with E-state index >= 15 is 0 Å². The molecule has 0 bridgehead atoms. The number of fused-ring (bicyclic) bond motifs is 3. The van der Waals surface area contributed by atoms with Crippen molar-refractivity contribution >= 4 is 29.5 Å². The van der Waals surface area contributed by atoms with Crippen LogP contribution in [-0.2, 0) is 14.3 Å². The number of amides is 2. The number of carboxylic acid groups (broad SMARTS) is 1. The molecule has 0 saturated heterocycles. The van der Waals surface area contributed by atoms with Crippen molar-refractivity contribution in [3.8, 4) is 11.1 Å². The van der Waals surface area contributed by atoms with Crippen LogP contribution in [-0.4, -0.2) is 45.3 Å². The van der Waals surface area contributed by atoms with Crippen molar-refractivity contribution in [2.24, 2.45) is 0 Å². The largest absolute Gasteiger partial charge is 0.481 e. The van der Waals surface area contributed by atoms with Crippen LogP contribution in [0, 0.1) is 6.92 Å². The number of carbonyl (C=O) groups is 3. The summed E-state index contributed by atoms with van der Waals surface area (Å²) >= 11 is 1.17. The number of aliphatic carboxylic acids is 1. The van der Waals surface area contributed by atoms with Gasteiger partial charge in [-0.1, -0.05) is 53.0 Å². The van der Waals surface area contributed by atoms with E-state index < -0.39 is 24.0 Å². The topological polar surface area (TPSA) is 131 Å². The molecule has 0 spiro atoms. The van der Waals surface area contributed by atoms with E-state index in [1.165, 1.54) is 11.5 Å². The Morgan fingerprint density at radius 2 is 1.69 bits per heavy atom. The van der Waals surface area contributed by atoms with Crippen LogP contribution in [0.25, 0.3) is 11.1 Å². The number of hydrogen-bond acceptors (Lipinski definition) is 7. The average Bonchev–Trinajstić information content (AvgIpc) is 3.41. The quantitative estimate of drug-likeness (QED) is 0.412. The first-order valence-electron chi connectivity index (χ1n) is 11.3. The highest BCUT2D eigenvalue weighted by Crippen LogP contribution is 2.44. The molecule has 2 atom stereocenters. The number of rotatable bonds is 9. The first-order valence-corrected chi connectivity index (χ1v) is 12.0. The Bertz CT molecular complexity index is 1200. The van der Waals surface area contributed by atoms with E-state index in [1.807, 2.05) is 48.5 Å². The number of ether oxygens (including phenoxy) is 1. The van der Waals surface area contributed by atoms with Gasteiger partial charge >= 0.3 is 12.1 Å². The molecule has 0 fully saturated rings. The Balaban J connectivity index is 1.41. The smallest absolute Gasteiger partial charge is 0.407 e. The molecule has 182 valence electrons. The molecule has 1 heterocycles. The van der Waals surface area contributed by atoms with Gasteiger partial charge in [-0.05, 0) is 54.1 Å². The third-order valence-corrected chi connectivity index (χ3v) is 7.05. The van der Waals surface area contributed by atoms with Gasteiger partial charge in [0.1, 0.15) is 12.6 Å². The first kappa shape index (κ1) is 24.3. The fourth-order valence-electron chi connectivity index (χ4n) is 4.33. The summed E-state index contributed by atoms with van der Waals surface area (Å²) in [6, 6.07) is 14.5. The molecule has 0 radical (unpaired) electrons. The van der Waals surface area contributed by atoms with E-state index in [1.54, 1.807) is 13.8 Å². The van der Waals surface area contributed by atoms with Gasteiger partial charge in [-0.15, -0.1) is 5.10 Å². The highest BCUT2D eigenvalue weighted by atomic mass is 32.1. The standard InChI is InChI=1S/C25H26N4O5S/c1-14(23-15(2)28-29-35-23)26-24(32)21(11-12-22(30)31)27-25(33)34-13-20-18-9-5-3-7-16(18)17-8-4-6-10-19(17)20/h3-10,14,20-21H,11-13H2,1-2H3,(H,26,32)(H,27,33)(H,30,31). The molecule has 1 aliphatic rings. The van der Waals surface area contributed by atoms with Gasteiger partial charge in [0, 0.05) is 12.3 Å². The van der Waals surface area contributed by atoms with Gasteiger partial charge in [0.05, 0.1) is 16.6 Å². The number of hydrogen-bond donors (Lipinski definition) is 3. The van der Waals surface area contributed by atoms with Crippen LogP contribution < -0.4 is 10.6 Å². The van der Waals surface area contributed by atoms with Crippen LogP contribution in [0.4, 0.5) is 4.79 Å². The summed E-state index contributed by atoms with van der Waals surface area (Å²) in [5.41, 5.74) is 5.07. The fraction of sp³-hybridized carbons (Fsp3) is 0.320. The van der Waals surface area contributed by atoms with Crippen molar-refractivity contribution < 1.29 is 24.2 Å². The molecule has 2 unspecified atom stereocenters. The summed E-state index contributed by atoms with van der Waals surface area (Å²) in [4.78, 5) is 37.5. The maximum absolute atomic E-state index is 12.9. The number of nitrogens with one attached hydrogen (secondary N) is 2. The molecule has 35 heavy (non-hydrogen) atoms. The minimum absolute atomic E-state index is 0.0714. The van der Waals surface area contributed by atoms with Gasteiger partial charge in [0.15, 0.2) is 0 Å². The Morgan fingerprint density at radius 3 is 2.26 bits per heavy atom.